The van der Waals surface area contributed by atoms with E-state index in [0.29, 0.717) is 29.5 Å². The third-order valence-corrected chi connectivity index (χ3v) is 5.18. The largest absolute Gasteiger partial charge is 0.450 e. The summed E-state index contributed by atoms with van der Waals surface area (Å²) in [5.74, 6) is -0.764. The summed E-state index contributed by atoms with van der Waals surface area (Å²) >= 11 is 0. The second kappa shape index (κ2) is 6.72. The molecular formula is C21H25FN2O2. The van der Waals surface area contributed by atoms with Gasteiger partial charge < -0.3 is 15.0 Å². The van der Waals surface area contributed by atoms with E-state index >= 15 is 0 Å². The highest BCUT2D eigenvalue weighted by Gasteiger charge is 2.48. The minimum Gasteiger partial charge on any atom is -0.450 e. The Hall–Kier alpha value is -2.40. The lowest BCUT2D eigenvalue weighted by Gasteiger charge is -2.33. The zero-order valence-corrected chi connectivity index (χ0v) is 14.4. The Kier molecular flexibility index (Phi) is 4.76. The van der Waals surface area contributed by atoms with Gasteiger partial charge in [0, 0.05) is 38.2 Å². The van der Waals surface area contributed by atoms with Crippen molar-refractivity contribution in [3.63, 3.8) is 0 Å². The molecule has 4 rings (SSSR count). The van der Waals surface area contributed by atoms with Crippen molar-refractivity contribution in [1.29, 1.82) is 0 Å². The number of halogens is 1. The molecular weight excluding hydrogens is 331 g/mol. The molecule has 0 aromatic heterocycles. The van der Waals surface area contributed by atoms with Gasteiger partial charge in [0.15, 0.2) is 0 Å². The molecule has 26 heavy (non-hydrogen) atoms. The van der Waals surface area contributed by atoms with Gasteiger partial charge >= 0.3 is 5.97 Å². The summed E-state index contributed by atoms with van der Waals surface area (Å²) in [6.45, 7) is 1.44. The molecule has 1 N–H and O–H groups in total. The van der Waals surface area contributed by atoms with Crippen LogP contribution >= 0.6 is 0 Å². The number of carbonyl (C=O) groups excluding carboxylic acids is 1. The van der Waals surface area contributed by atoms with Crippen LogP contribution in [0.1, 0.15) is 36.2 Å². The first-order chi connectivity index (χ1) is 12.0. The first-order valence-electron chi connectivity index (χ1n) is 8.56. The van der Waals surface area contributed by atoms with Gasteiger partial charge in [0.1, 0.15) is 11.4 Å². The molecule has 0 bridgehead atoms. The van der Waals surface area contributed by atoms with E-state index in [9.17, 15) is 9.18 Å². The number of nitrogens with zero attached hydrogens (tertiary/aromatic N) is 1. The maximum Gasteiger partial charge on any atom is 0.339 e. The SMILES string of the molecule is C.CN(C)c1ccc(-c2cc(F)c3c(c2)C(=O)OC32CCNCC2)cc1. The lowest BCUT2D eigenvalue weighted by atomic mass is 9.83. The fourth-order valence-corrected chi connectivity index (χ4v) is 3.82. The van der Waals surface area contributed by atoms with Crippen LogP contribution in [0, 0.1) is 5.82 Å². The van der Waals surface area contributed by atoms with Crippen LogP contribution in [0.2, 0.25) is 0 Å². The van der Waals surface area contributed by atoms with Gasteiger partial charge in [-0.05, 0) is 48.5 Å². The molecule has 2 aromatic carbocycles. The smallest absolute Gasteiger partial charge is 0.339 e. The fourth-order valence-electron chi connectivity index (χ4n) is 3.82. The van der Waals surface area contributed by atoms with E-state index in [2.05, 4.69) is 5.32 Å². The number of benzene rings is 2. The molecule has 1 fully saturated rings. The van der Waals surface area contributed by atoms with Crippen LogP contribution in [0.3, 0.4) is 0 Å². The van der Waals surface area contributed by atoms with Crippen LogP contribution in [-0.4, -0.2) is 33.2 Å². The Labute approximate surface area is 154 Å². The Morgan fingerprint density at radius 3 is 2.35 bits per heavy atom. The van der Waals surface area contributed by atoms with Gasteiger partial charge in [-0.25, -0.2) is 9.18 Å². The van der Waals surface area contributed by atoms with Crippen molar-refractivity contribution in [2.24, 2.45) is 0 Å². The highest BCUT2D eigenvalue weighted by Crippen LogP contribution is 2.45. The highest BCUT2D eigenvalue weighted by molar-refractivity contribution is 5.96. The molecule has 2 aromatic rings. The summed E-state index contributed by atoms with van der Waals surface area (Å²) in [4.78, 5) is 14.4. The van der Waals surface area contributed by atoms with Crippen molar-refractivity contribution in [1.82, 2.24) is 5.32 Å². The number of carbonyl (C=O) groups is 1. The monoisotopic (exact) mass is 356 g/mol. The number of esters is 1. The van der Waals surface area contributed by atoms with Crippen LogP contribution in [-0.2, 0) is 10.3 Å². The van der Waals surface area contributed by atoms with E-state index < -0.39 is 11.6 Å². The second-order valence-corrected chi connectivity index (χ2v) is 6.96. The van der Waals surface area contributed by atoms with Crippen molar-refractivity contribution in [2.45, 2.75) is 25.9 Å². The number of hydrogen-bond acceptors (Lipinski definition) is 4. The number of nitrogens with one attached hydrogen (secondary N) is 1. The predicted molar refractivity (Wildman–Crippen MR) is 102 cm³/mol. The second-order valence-electron chi connectivity index (χ2n) is 6.96. The van der Waals surface area contributed by atoms with Crippen LogP contribution in [0.25, 0.3) is 11.1 Å². The molecule has 138 valence electrons. The third-order valence-electron chi connectivity index (χ3n) is 5.18. The Morgan fingerprint density at radius 2 is 1.73 bits per heavy atom. The van der Waals surface area contributed by atoms with Gasteiger partial charge in [0.25, 0.3) is 0 Å². The van der Waals surface area contributed by atoms with Crippen LogP contribution < -0.4 is 10.2 Å². The molecule has 0 radical (unpaired) electrons. The van der Waals surface area contributed by atoms with Gasteiger partial charge in [-0.1, -0.05) is 19.6 Å². The van der Waals surface area contributed by atoms with Crippen molar-refractivity contribution in [3.05, 3.63) is 53.3 Å². The molecule has 0 saturated carbocycles. The summed E-state index contributed by atoms with van der Waals surface area (Å²) in [6, 6.07) is 11.1. The number of ether oxygens (including phenoxy) is 1. The fraction of sp³-hybridized carbons (Fsp3) is 0.381. The number of anilines is 1. The zero-order chi connectivity index (χ0) is 17.6. The summed E-state index contributed by atoms with van der Waals surface area (Å²) in [5.41, 5.74) is 2.66. The molecule has 4 nitrogen and oxygen atoms in total. The van der Waals surface area contributed by atoms with E-state index in [-0.39, 0.29) is 13.2 Å². The Bertz CT molecular complexity index is 825. The summed E-state index contributed by atoms with van der Waals surface area (Å²) in [5, 5.41) is 3.23. The number of fused-ring (bicyclic) bond motifs is 2. The normalized spacial score (nSPS) is 17.4. The molecule has 1 saturated heterocycles. The van der Waals surface area contributed by atoms with Crippen molar-refractivity contribution >= 4 is 11.7 Å². The van der Waals surface area contributed by atoms with Crippen LogP contribution in [0.15, 0.2) is 36.4 Å². The van der Waals surface area contributed by atoms with Gasteiger partial charge in [-0.3, -0.25) is 0 Å². The topological polar surface area (TPSA) is 41.6 Å². The minimum absolute atomic E-state index is 0. The molecule has 2 aliphatic heterocycles. The number of hydrogen-bond donors (Lipinski definition) is 1. The lowest BCUT2D eigenvalue weighted by molar-refractivity contribution is -0.0255. The Balaban J connectivity index is 0.00000196. The van der Waals surface area contributed by atoms with E-state index in [4.69, 9.17) is 4.74 Å². The van der Waals surface area contributed by atoms with E-state index in [1.807, 2.05) is 43.3 Å². The van der Waals surface area contributed by atoms with Gasteiger partial charge in [0.2, 0.25) is 0 Å². The molecule has 2 heterocycles. The number of rotatable bonds is 2. The van der Waals surface area contributed by atoms with Crippen LogP contribution in [0.4, 0.5) is 10.1 Å². The van der Waals surface area contributed by atoms with Crippen molar-refractivity contribution in [2.75, 3.05) is 32.1 Å². The molecule has 2 aliphatic rings. The first kappa shape index (κ1) is 18.4. The predicted octanol–water partition coefficient (Wildman–Crippen LogP) is 3.94. The van der Waals surface area contributed by atoms with E-state index in [0.717, 1.165) is 24.3 Å². The first-order valence-corrected chi connectivity index (χ1v) is 8.56. The summed E-state index contributed by atoms with van der Waals surface area (Å²) < 4.78 is 20.6. The van der Waals surface area contributed by atoms with Crippen molar-refractivity contribution in [3.8, 4) is 11.1 Å². The number of piperidine rings is 1. The van der Waals surface area contributed by atoms with Crippen molar-refractivity contribution < 1.29 is 13.9 Å². The molecule has 5 heteroatoms. The molecule has 0 atom stereocenters. The summed E-state index contributed by atoms with van der Waals surface area (Å²) in [6.07, 6.45) is 1.22. The van der Waals surface area contributed by atoms with Gasteiger partial charge in [-0.2, -0.15) is 0 Å². The molecule has 0 amide bonds. The van der Waals surface area contributed by atoms with E-state index in [1.165, 1.54) is 6.07 Å². The minimum atomic E-state index is -0.797. The quantitative estimate of drug-likeness (QED) is 0.828. The van der Waals surface area contributed by atoms with Gasteiger partial charge in [0.05, 0.1) is 5.56 Å². The average molecular weight is 356 g/mol. The standard InChI is InChI=1S/C20H21FN2O2.CH4/c1-23(2)15-5-3-13(4-6-15)14-11-16-18(17(21)12-14)20(25-19(16)24)7-9-22-10-8-20;/h3-6,11-12,22H,7-10H2,1-2H3;1H4. The highest BCUT2D eigenvalue weighted by atomic mass is 19.1. The van der Waals surface area contributed by atoms with Crippen LogP contribution in [0.5, 0.6) is 0 Å². The Morgan fingerprint density at radius 1 is 1.08 bits per heavy atom. The molecule has 0 unspecified atom stereocenters. The summed E-state index contributed by atoms with van der Waals surface area (Å²) in [7, 11) is 3.94. The molecule has 0 aliphatic carbocycles. The lowest BCUT2D eigenvalue weighted by Crippen LogP contribution is -2.40. The maximum absolute atomic E-state index is 15.0. The zero-order valence-electron chi connectivity index (χ0n) is 14.4. The van der Waals surface area contributed by atoms with E-state index in [1.54, 1.807) is 6.07 Å². The average Bonchev–Trinajstić information content (AvgIpc) is 2.87. The molecule has 1 spiro atoms. The maximum atomic E-state index is 15.0. The van der Waals surface area contributed by atoms with Gasteiger partial charge in [-0.15, -0.1) is 0 Å². The third kappa shape index (κ3) is 2.86.